The van der Waals surface area contributed by atoms with E-state index in [9.17, 15) is 4.79 Å². The first-order valence-electron chi connectivity index (χ1n) is 6.89. The molecule has 4 nitrogen and oxygen atoms in total. The number of benzene rings is 1. The average molecular weight is 261 g/mol. The highest BCUT2D eigenvalue weighted by Gasteiger charge is 2.28. The van der Waals surface area contributed by atoms with Crippen molar-refractivity contribution < 1.29 is 14.6 Å². The average Bonchev–Trinajstić information content (AvgIpc) is 3.02. The van der Waals surface area contributed by atoms with Gasteiger partial charge in [0.25, 0.3) is 0 Å². The predicted molar refractivity (Wildman–Crippen MR) is 71.1 cm³/mol. The second-order valence-electron chi connectivity index (χ2n) is 5.38. The van der Waals surface area contributed by atoms with Crippen LogP contribution in [0.5, 0.6) is 5.75 Å². The van der Waals surface area contributed by atoms with Gasteiger partial charge in [-0.1, -0.05) is 12.1 Å². The smallest absolute Gasteiger partial charge is 0.223 e. The number of nitrogens with zero attached hydrogens (tertiary/aromatic N) is 1. The summed E-state index contributed by atoms with van der Waals surface area (Å²) in [5, 5.41) is 9.10. The summed E-state index contributed by atoms with van der Waals surface area (Å²) in [6.45, 7) is 2.33. The largest absolute Gasteiger partial charge is 0.493 e. The maximum Gasteiger partial charge on any atom is 0.223 e. The molecule has 4 heteroatoms. The van der Waals surface area contributed by atoms with E-state index >= 15 is 0 Å². The normalized spacial score (nSPS) is 21.6. The summed E-state index contributed by atoms with van der Waals surface area (Å²) in [5.74, 6) is 1.30. The van der Waals surface area contributed by atoms with E-state index in [-0.39, 0.29) is 18.4 Å². The number of amides is 1. The van der Waals surface area contributed by atoms with Gasteiger partial charge >= 0.3 is 0 Å². The van der Waals surface area contributed by atoms with Crippen LogP contribution in [-0.2, 0) is 17.6 Å². The fourth-order valence-electron chi connectivity index (χ4n) is 2.85. The van der Waals surface area contributed by atoms with Crippen molar-refractivity contribution in [3.63, 3.8) is 0 Å². The van der Waals surface area contributed by atoms with Gasteiger partial charge in [0, 0.05) is 38.5 Å². The van der Waals surface area contributed by atoms with Crippen molar-refractivity contribution in [1.82, 2.24) is 4.90 Å². The van der Waals surface area contributed by atoms with Gasteiger partial charge in [-0.05, 0) is 23.6 Å². The van der Waals surface area contributed by atoms with Crippen molar-refractivity contribution in [1.29, 1.82) is 0 Å². The quantitative estimate of drug-likeness (QED) is 0.880. The van der Waals surface area contributed by atoms with Gasteiger partial charge in [0.2, 0.25) is 5.91 Å². The lowest BCUT2D eigenvalue weighted by atomic mass is 10.1. The van der Waals surface area contributed by atoms with E-state index in [1.165, 1.54) is 11.1 Å². The van der Waals surface area contributed by atoms with Crippen molar-refractivity contribution >= 4 is 5.91 Å². The Morgan fingerprint density at radius 3 is 3.11 bits per heavy atom. The molecule has 0 saturated carbocycles. The Labute approximate surface area is 113 Å². The molecule has 2 aliphatic rings. The Morgan fingerprint density at radius 1 is 1.42 bits per heavy atom. The lowest BCUT2D eigenvalue weighted by Crippen LogP contribution is -2.27. The zero-order valence-electron chi connectivity index (χ0n) is 11.0. The molecular formula is C15H19NO3. The van der Waals surface area contributed by atoms with Crippen LogP contribution in [0.4, 0.5) is 0 Å². The molecule has 1 fully saturated rings. The number of hydrogen-bond acceptors (Lipinski definition) is 3. The van der Waals surface area contributed by atoms with Crippen LogP contribution >= 0.6 is 0 Å². The van der Waals surface area contributed by atoms with Gasteiger partial charge in [0.15, 0.2) is 0 Å². The van der Waals surface area contributed by atoms with E-state index in [0.717, 1.165) is 31.7 Å². The molecule has 102 valence electrons. The number of fused-ring (bicyclic) bond motifs is 1. The predicted octanol–water partition coefficient (Wildman–Crippen LogP) is 1.00. The Kier molecular flexibility index (Phi) is 3.42. The molecule has 0 aliphatic carbocycles. The number of aliphatic hydroxyl groups is 1. The highest BCUT2D eigenvalue weighted by Crippen LogP contribution is 2.26. The minimum atomic E-state index is 0.110. The van der Waals surface area contributed by atoms with Crippen molar-refractivity contribution in [3.8, 4) is 5.75 Å². The fraction of sp³-hybridized carbons (Fsp3) is 0.533. The number of ether oxygens (including phenoxy) is 1. The molecule has 1 aromatic carbocycles. The van der Waals surface area contributed by atoms with Crippen molar-refractivity contribution in [2.75, 3.05) is 26.3 Å². The van der Waals surface area contributed by atoms with Gasteiger partial charge < -0.3 is 14.7 Å². The molecule has 1 amide bonds. The maximum atomic E-state index is 11.7. The minimum absolute atomic E-state index is 0.110. The molecule has 3 rings (SSSR count). The van der Waals surface area contributed by atoms with Gasteiger partial charge in [0.1, 0.15) is 5.75 Å². The van der Waals surface area contributed by atoms with E-state index in [2.05, 4.69) is 12.1 Å². The van der Waals surface area contributed by atoms with Gasteiger partial charge in [-0.15, -0.1) is 0 Å². The lowest BCUT2D eigenvalue weighted by molar-refractivity contribution is -0.127. The molecule has 0 aromatic heterocycles. The van der Waals surface area contributed by atoms with Gasteiger partial charge in [0.05, 0.1) is 6.61 Å². The number of likely N-dealkylation sites (tertiary alicyclic amines) is 1. The van der Waals surface area contributed by atoms with Crippen molar-refractivity contribution in [3.05, 3.63) is 29.3 Å². The third kappa shape index (κ3) is 2.59. The van der Waals surface area contributed by atoms with E-state index in [1.54, 1.807) is 0 Å². The second-order valence-corrected chi connectivity index (χ2v) is 5.38. The Bertz CT molecular complexity index is 486. The summed E-state index contributed by atoms with van der Waals surface area (Å²) < 4.78 is 5.48. The molecular weight excluding hydrogens is 242 g/mol. The summed E-state index contributed by atoms with van der Waals surface area (Å²) in [5.41, 5.74) is 2.53. The topological polar surface area (TPSA) is 49.8 Å². The molecule has 1 aromatic rings. The molecule has 1 N–H and O–H groups in total. The zero-order chi connectivity index (χ0) is 13.2. The van der Waals surface area contributed by atoms with Gasteiger partial charge in [-0.25, -0.2) is 0 Å². The molecule has 0 bridgehead atoms. The molecule has 0 spiro atoms. The SMILES string of the molecule is O=C1CC(CO)CN1CCc1ccc2c(c1)CCO2. The van der Waals surface area contributed by atoms with Crippen LogP contribution in [0, 0.1) is 5.92 Å². The zero-order valence-corrected chi connectivity index (χ0v) is 11.0. The van der Waals surface area contributed by atoms with Gasteiger partial charge in [-0.2, -0.15) is 0 Å². The maximum absolute atomic E-state index is 11.7. The molecule has 19 heavy (non-hydrogen) atoms. The van der Waals surface area contributed by atoms with Crippen molar-refractivity contribution in [2.24, 2.45) is 5.92 Å². The molecule has 1 atom stereocenters. The number of hydrogen-bond donors (Lipinski definition) is 1. The van der Waals surface area contributed by atoms with E-state index in [1.807, 2.05) is 11.0 Å². The van der Waals surface area contributed by atoms with Crippen LogP contribution in [-0.4, -0.2) is 42.2 Å². The van der Waals surface area contributed by atoms with Crippen LogP contribution in [0.15, 0.2) is 18.2 Å². The molecule has 2 aliphatic heterocycles. The van der Waals surface area contributed by atoms with Crippen LogP contribution in [0.1, 0.15) is 17.5 Å². The number of aliphatic hydroxyl groups excluding tert-OH is 1. The van der Waals surface area contributed by atoms with Crippen LogP contribution in [0.25, 0.3) is 0 Å². The van der Waals surface area contributed by atoms with Crippen LogP contribution < -0.4 is 4.74 Å². The molecule has 0 radical (unpaired) electrons. The summed E-state index contributed by atoms with van der Waals surface area (Å²) in [6.07, 6.45) is 2.35. The summed E-state index contributed by atoms with van der Waals surface area (Å²) in [6, 6.07) is 6.29. The Morgan fingerprint density at radius 2 is 2.32 bits per heavy atom. The number of carbonyl (C=O) groups excluding carboxylic acids is 1. The monoisotopic (exact) mass is 261 g/mol. The number of rotatable bonds is 4. The van der Waals surface area contributed by atoms with E-state index < -0.39 is 0 Å². The van der Waals surface area contributed by atoms with Crippen LogP contribution in [0.3, 0.4) is 0 Å². The summed E-state index contributed by atoms with van der Waals surface area (Å²) in [7, 11) is 0. The minimum Gasteiger partial charge on any atom is -0.493 e. The van der Waals surface area contributed by atoms with Crippen LogP contribution in [0.2, 0.25) is 0 Å². The van der Waals surface area contributed by atoms with E-state index in [4.69, 9.17) is 9.84 Å². The lowest BCUT2D eigenvalue weighted by Gasteiger charge is -2.16. The first-order chi connectivity index (χ1) is 9.26. The van der Waals surface area contributed by atoms with Crippen molar-refractivity contribution in [2.45, 2.75) is 19.3 Å². The third-order valence-electron chi connectivity index (χ3n) is 3.98. The first kappa shape index (κ1) is 12.5. The fourth-order valence-corrected chi connectivity index (χ4v) is 2.85. The molecule has 2 heterocycles. The Hall–Kier alpha value is -1.55. The van der Waals surface area contributed by atoms with E-state index in [0.29, 0.717) is 13.0 Å². The Balaban J connectivity index is 1.59. The highest BCUT2D eigenvalue weighted by molar-refractivity contribution is 5.78. The third-order valence-corrected chi connectivity index (χ3v) is 3.98. The molecule has 1 unspecified atom stereocenters. The highest BCUT2D eigenvalue weighted by atomic mass is 16.5. The summed E-state index contributed by atoms with van der Waals surface area (Å²) >= 11 is 0. The second kappa shape index (κ2) is 5.21. The molecule has 1 saturated heterocycles. The standard InChI is InChI=1S/C15H19NO3/c17-10-12-8-15(18)16(9-12)5-3-11-1-2-14-13(7-11)4-6-19-14/h1-2,7,12,17H,3-6,8-10H2. The number of carbonyl (C=O) groups is 1. The first-order valence-corrected chi connectivity index (χ1v) is 6.89. The van der Waals surface area contributed by atoms with Gasteiger partial charge in [-0.3, -0.25) is 4.79 Å². The summed E-state index contributed by atoms with van der Waals surface area (Å²) in [4.78, 5) is 13.6.